The van der Waals surface area contributed by atoms with Crippen molar-refractivity contribution in [3.05, 3.63) is 88.4 Å². The molecule has 1 aromatic heterocycles. The molecule has 27 heavy (non-hydrogen) atoms. The van der Waals surface area contributed by atoms with Gasteiger partial charge < -0.3 is 10.2 Å². The van der Waals surface area contributed by atoms with Gasteiger partial charge in [-0.25, -0.2) is 0 Å². The molecule has 0 aliphatic heterocycles. The molecule has 0 spiro atoms. The van der Waals surface area contributed by atoms with Crippen LogP contribution < -0.4 is 9.13 Å². The summed E-state index contributed by atoms with van der Waals surface area (Å²) in [5.74, 6) is -0.0577. The Morgan fingerprint density at radius 1 is 0.778 bits per heavy atom. The minimum atomic E-state index is -0.108. The molecular formula is C21H16Cl2N2O2+2. The number of aromatic hydroxyl groups is 2. The standard InChI is InChI=1S/C21H14Cl2N2O2/c22-15-10-8-14(9-11-15)13-24-19-7-2-1-6-18(19)20(26)25(21(24)27)17-5-3-4-16(23)12-17/h1-12H,13H2/p+2. The lowest BCUT2D eigenvalue weighted by molar-refractivity contribution is -0.776. The second kappa shape index (κ2) is 7.06. The van der Waals surface area contributed by atoms with Gasteiger partial charge in [0.05, 0.1) is 0 Å². The maximum atomic E-state index is 11.0. The van der Waals surface area contributed by atoms with E-state index >= 15 is 0 Å². The Hall–Kier alpha value is -2.82. The highest BCUT2D eigenvalue weighted by atomic mass is 35.5. The number of hydrogen-bond acceptors (Lipinski definition) is 2. The van der Waals surface area contributed by atoms with Crippen LogP contribution in [-0.4, -0.2) is 10.2 Å². The highest BCUT2D eigenvalue weighted by molar-refractivity contribution is 6.30. The van der Waals surface area contributed by atoms with Crippen LogP contribution in [0.5, 0.6) is 11.9 Å². The van der Waals surface area contributed by atoms with Gasteiger partial charge in [0.15, 0.2) is 11.9 Å². The molecule has 3 aromatic carbocycles. The fourth-order valence-corrected chi connectivity index (χ4v) is 3.43. The number of hydrogen-bond donors (Lipinski definition) is 2. The summed E-state index contributed by atoms with van der Waals surface area (Å²) < 4.78 is 3.11. The van der Waals surface area contributed by atoms with Crippen molar-refractivity contribution in [1.82, 2.24) is 0 Å². The molecule has 1 heterocycles. The summed E-state index contributed by atoms with van der Waals surface area (Å²) in [5.41, 5.74) is 2.24. The average Bonchev–Trinajstić information content (AvgIpc) is 2.67. The molecule has 4 aromatic rings. The zero-order chi connectivity index (χ0) is 19.0. The number of fused-ring (bicyclic) bond motifs is 1. The van der Waals surface area contributed by atoms with Gasteiger partial charge in [0.1, 0.15) is 0 Å². The van der Waals surface area contributed by atoms with Gasteiger partial charge >= 0.3 is 11.9 Å². The molecule has 0 atom stereocenters. The first-order valence-electron chi connectivity index (χ1n) is 8.33. The Bertz CT molecular complexity index is 1140. The van der Waals surface area contributed by atoms with Gasteiger partial charge in [-0.05, 0) is 28.8 Å². The molecule has 6 heteroatoms. The van der Waals surface area contributed by atoms with Crippen LogP contribution >= 0.6 is 23.2 Å². The molecule has 0 fully saturated rings. The molecule has 0 bridgehead atoms. The number of halogens is 2. The Morgan fingerprint density at radius 2 is 1.52 bits per heavy atom. The monoisotopic (exact) mass is 398 g/mol. The van der Waals surface area contributed by atoms with Crippen molar-refractivity contribution in [3.8, 4) is 17.6 Å². The largest absolute Gasteiger partial charge is 0.638 e. The zero-order valence-electron chi connectivity index (χ0n) is 14.2. The number of para-hydroxylation sites is 1. The molecular weight excluding hydrogens is 383 g/mol. The van der Waals surface area contributed by atoms with Gasteiger partial charge in [0, 0.05) is 33.8 Å². The summed E-state index contributed by atoms with van der Waals surface area (Å²) in [6, 6.07) is 21.6. The smallest absolute Gasteiger partial charge is 0.459 e. The topological polar surface area (TPSA) is 48.2 Å². The van der Waals surface area contributed by atoms with Crippen molar-refractivity contribution in [2.45, 2.75) is 6.54 Å². The van der Waals surface area contributed by atoms with Crippen molar-refractivity contribution >= 4 is 34.1 Å². The normalized spacial score (nSPS) is 11.0. The van der Waals surface area contributed by atoms with Crippen molar-refractivity contribution in [1.29, 1.82) is 0 Å². The third kappa shape index (κ3) is 3.29. The van der Waals surface area contributed by atoms with Crippen molar-refractivity contribution in [2.24, 2.45) is 0 Å². The van der Waals surface area contributed by atoms with Crippen LogP contribution in [0.4, 0.5) is 0 Å². The Balaban J connectivity index is 1.98. The van der Waals surface area contributed by atoms with E-state index in [0.29, 0.717) is 33.2 Å². The van der Waals surface area contributed by atoms with Crippen LogP contribution in [-0.2, 0) is 6.54 Å². The summed E-state index contributed by atoms with van der Waals surface area (Å²) in [4.78, 5) is 0. The van der Waals surface area contributed by atoms with E-state index in [1.54, 1.807) is 28.8 Å². The van der Waals surface area contributed by atoms with E-state index in [2.05, 4.69) is 0 Å². The number of aromatic nitrogens is 2. The van der Waals surface area contributed by atoms with Crippen LogP contribution in [0.25, 0.3) is 16.6 Å². The van der Waals surface area contributed by atoms with Crippen molar-refractivity contribution in [2.75, 3.05) is 0 Å². The highest BCUT2D eigenvalue weighted by Gasteiger charge is 2.35. The Kier molecular flexibility index (Phi) is 4.60. The molecule has 0 unspecified atom stereocenters. The lowest BCUT2D eigenvalue weighted by Crippen LogP contribution is -2.47. The summed E-state index contributed by atoms with van der Waals surface area (Å²) in [6.07, 6.45) is 0. The SMILES string of the molecule is Oc1c2ccccc2[n+](Cc2ccc(Cl)cc2)c(O)[n+]1-c1cccc(Cl)c1. The predicted octanol–water partition coefficient (Wildman–Crippen LogP) is 4.17. The Morgan fingerprint density at radius 3 is 2.26 bits per heavy atom. The van der Waals surface area contributed by atoms with E-state index in [4.69, 9.17) is 23.2 Å². The molecule has 4 rings (SSSR count). The number of rotatable bonds is 3. The first-order valence-corrected chi connectivity index (χ1v) is 9.09. The molecule has 2 N–H and O–H groups in total. The minimum absolute atomic E-state index is 0.0577. The Labute approximate surface area is 166 Å². The molecule has 0 aliphatic rings. The second-order valence-electron chi connectivity index (χ2n) is 6.17. The maximum absolute atomic E-state index is 11.0. The van der Waals surface area contributed by atoms with Crippen LogP contribution in [0.3, 0.4) is 0 Å². The molecule has 0 amide bonds. The van der Waals surface area contributed by atoms with Crippen LogP contribution in [0.15, 0.2) is 72.8 Å². The maximum Gasteiger partial charge on any atom is 0.638 e. The van der Waals surface area contributed by atoms with Gasteiger partial charge in [0.2, 0.25) is 11.2 Å². The lowest BCUT2D eigenvalue weighted by atomic mass is 10.2. The predicted molar refractivity (Wildman–Crippen MR) is 105 cm³/mol. The fourth-order valence-electron chi connectivity index (χ4n) is 3.12. The number of nitrogens with zero attached hydrogens (tertiary/aromatic N) is 2. The van der Waals surface area contributed by atoms with E-state index < -0.39 is 0 Å². The highest BCUT2D eigenvalue weighted by Crippen LogP contribution is 2.24. The van der Waals surface area contributed by atoms with Crippen LogP contribution in [0, 0.1) is 0 Å². The quantitative estimate of drug-likeness (QED) is 0.508. The fraction of sp³-hybridized carbons (Fsp3) is 0.0476. The van der Waals surface area contributed by atoms with E-state index in [-0.39, 0.29) is 11.9 Å². The first kappa shape index (κ1) is 17.6. The van der Waals surface area contributed by atoms with Crippen molar-refractivity contribution < 1.29 is 19.3 Å². The van der Waals surface area contributed by atoms with E-state index in [1.807, 2.05) is 48.5 Å². The van der Waals surface area contributed by atoms with Gasteiger partial charge in [-0.3, -0.25) is 0 Å². The molecule has 0 saturated carbocycles. The minimum Gasteiger partial charge on any atom is -0.459 e. The third-order valence-electron chi connectivity index (χ3n) is 4.41. The zero-order valence-corrected chi connectivity index (χ0v) is 15.7. The second-order valence-corrected chi connectivity index (χ2v) is 7.04. The first-order chi connectivity index (χ1) is 13.0. The van der Waals surface area contributed by atoms with Gasteiger partial charge in [-0.2, -0.15) is 0 Å². The summed E-state index contributed by atoms with van der Waals surface area (Å²) in [5, 5.41) is 23.6. The molecule has 0 saturated heterocycles. The number of benzene rings is 3. The molecule has 4 nitrogen and oxygen atoms in total. The molecule has 0 aliphatic carbocycles. The van der Waals surface area contributed by atoms with Crippen LogP contribution in [0.1, 0.15) is 5.56 Å². The molecule has 134 valence electrons. The van der Waals surface area contributed by atoms with Crippen molar-refractivity contribution in [3.63, 3.8) is 0 Å². The van der Waals surface area contributed by atoms with E-state index in [9.17, 15) is 10.2 Å². The van der Waals surface area contributed by atoms with Gasteiger partial charge in [-0.1, -0.05) is 58.1 Å². The van der Waals surface area contributed by atoms with E-state index in [0.717, 1.165) is 5.56 Å². The average molecular weight is 399 g/mol. The summed E-state index contributed by atoms with van der Waals surface area (Å²) in [6.45, 7) is 0.407. The van der Waals surface area contributed by atoms with Crippen LogP contribution in [0.2, 0.25) is 10.0 Å². The molecule has 0 radical (unpaired) electrons. The lowest BCUT2D eigenvalue weighted by Gasteiger charge is -2.05. The van der Waals surface area contributed by atoms with Gasteiger partial charge in [-0.15, -0.1) is 0 Å². The summed E-state index contributed by atoms with van der Waals surface area (Å²) >= 11 is 12.1. The van der Waals surface area contributed by atoms with Gasteiger partial charge in [0.25, 0.3) is 0 Å². The van der Waals surface area contributed by atoms with E-state index in [1.165, 1.54) is 4.57 Å². The summed E-state index contributed by atoms with van der Waals surface area (Å²) in [7, 11) is 0. The third-order valence-corrected chi connectivity index (χ3v) is 4.90.